The normalized spacial score (nSPS) is 10.0. The molecule has 0 atom stereocenters. The fourth-order valence-electron chi connectivity index (χ4n) is 1.80. The third-order valence-electron chi connectivity index (χ3n) is 2.80. The molecular weight excluding hydrogens is 244 g/mol. The Morgan fingerprint density at radius 1 is 1.05 bits per heavy atom. The van der Waals surface area contributed by atoms with E-state index in [0.717, 1.165) is 11.1 Å². The molecule has 98 valence electrons. The van der Waals surface area contributed by atoms with Crippen LogP contribution in [0, 0.1) is 0 Å². The van der Waals surface area contributed by atoms with E-state index >= 15 is 0 Å². The minimum absolute atomic E-state index is 0.0790. The number of hydrogen-bond acceptors (Lipinski definition) is 4. The van der Waals surface area contributed by atoms with Crippen molar-refractivity contribution in [3.05, 3.63) is 48.0 Å². The van der Waals surface area contributed by atoms with Crippen LogP contribution in [0.1, 0.15) is 10.4 Å². The van der Waals surface area contributed by atoms with E-state index in [0.29, 0.717) is 11.3 Å². The van der Waals surface area contributed by atoms with Crippen LogP contribution < -0.4 is 4.74 Å². The predicted molar refractivity (Wildman–Crippen MR) is 71.4 cm³/mol. The topological polar surface area (TPSA) is 55.8 Å². The summed E-state index contributed by atoms with van der Waals surface area (Å²) >= 11 is 0. The molecule has 0 spiro atoms. The SMILES string of the molecule is COC(=O)c1cccc(-c2ccc(O)c(OC)c2)c1. The van der Waals surface area contributed by atoms with Crippen molar-refractivity contribution in [3.8, 4) is 22.6 Å². The highest BCUT2D eigenvalue weighted by Crippen LogP contribution is 2.31. The van der Waals surface area contributed by atoms with Crippen molar-refractivity contribution in [1.82, 2.24) is 0 Å². The quantitative estimate of drug-likeness (QED) is 0.860. The second-order valence-corrected chi connectivity index (χ2v) is 3.96. The van der Waals surface area contributed by atoms with Crippen LogP contribution >= 0.6 is 0 Å². The molecule has 0 aliphatic heterocycles. The predicted octanol–water partition coefficient (Wildman–Crippen LogP) is 2.85. The number of hydrogen-bond donors (Lipinski definition) is 1. The van der Waals surface area contributed by atoms with Gasteiger partial charge in [0.1, 0.15) is 0 Å². The van der Waals surface area contributed by atoms with E-state index < -0.39 is 0 Å². The molecule has 0 fully saturated rings. The number of phenols is 1. The van der Waals surface area contributed by atoms with Crippen molar-refractivity contribution in [1.29, 1.82) is 0 Å². The maximum atomic E-state index is 11.5. The lowest BCUT2D eigenvalue weighted by Gasteiger charge is -2.08. The van der Waals surface area contributed by atoms with E-state index in [1.165, 1.54) is 14.2 Å². The van der Waals surface area contributed by atoms with Crippen LogP contribution in [-0.4, -0.2) is 25.3 Å². The molecule has 2 aromatic carbocycles. The molecule has 0 heterocycles. The molecule has 4 heteroatoms. The Balaban J connectivity index is 2.44. The molecule has 4 nitrogen and oxygen atoms in total. The molecule has 0 saturated carbocycles. The fraction of sp³-hybridized carbons (Fsp3) is 0.133. The number of ether oxygens (including phenoxy) is 2. The van der Waals surface area contributed by atoms with E-state index in [9.17, 15) is 9.90 Å². The monoisotopic (exact) mass is 258 g/mol. The second kappa shape index (κ2) is 5.44. The van der Waals surface area contributed by atoms with Gasteiger partial charge in [0.25, 0.3) is 0 Å². The highest BCUT2D eigenvalue weighted by atomic mass is 16.5. The number of phenolic OH excluding ortho intramolecular Hbond substituents is 1. The summed E-state index contributed by atoms with van der Waals surface area (Å²) in [6, 6.07) is 12.1. The van der Waals surface area contributed by atoms with Gasteiger partial charge >= 0.3 is 5.97 Å². The lowest BCUT2D eigenvalue weighted by atomic mass is 10.0. The largest absolute Gasteiger partial charge is 0.504 e. The minimum Gasteiger partial charge on any atom is -0.504 e. The summed E-state index contributed by atoms with van der Waals surface area (Å²) in [7, 11) is 2.84. The molecule has 1 N–H and O–H groups in total. The zero-order valence-electron chi connectivity index (χ0n) is 10.7. The van der Waals surface area contributed by atoms with Gasteiger partial charge in [0.15, 0.2) is 11.5 Å². The molecule has 0 saturated heterocycles. The summed E-state index contributed by atoms with van der Waals surface area (Å²) in [5, 5.41) is 9.56. The fourth-order valence-corrected chi connectivity index (χ4v) is 1.80. The number of methoxy groups -OCH3 is 2. The lowest BCUT2D eigenvalue weighted by Crippen LogP contribution is -2.00. The second-order valence-electron chi connectivity index (χ2n) is 3.96. The van der Waals surface area contributed by atoms with Gasteiger partial charge in [-0.2, -0.15) is 0 Å². The summed E-state index contributed by atoms with van der Waals surface area (Å²) < 4.78 is 9.75. The molecule has 0 aliphatic carbocycles. The Hall–Kier alpha value is -2.49. The van der Waals surface area contributed by atoms with Gasteiger partial charge in [0.2, 0.25) is 0 Å². The molecule has 0 unspecified atom stereocenters. The molecule has 0 aliphatic rings. The van der Waals surface area contributed by atoms with E-state index in [1.807, 2.05) is 6.07 Å². The van der Waals surface area contributed by atoms with Gasteiger partial charge in [0.05, 0.1) is 19.8 Å². The number of esters is 1. The van der Waals surface area contributed by atoms with Crippen molar-refractivity contribution < 1.29 is 19.4 Å². The van der Waals surface area contributed by atoms with Crippen molar-refractivity contribution in [3.63, 3.8) is 0 Å². The Bertz CT molecular complexity index is 605. The number of carbonyl (C=O) groups is 1. The Kier molecular flexibility index (Phi) is 3.71. The maximum absolute atomic E-state index is 11.5. The highest BCUT2D eigenvalue weighted by Gasteiger charge is 2.08. The van der Waals surface area contributed by atoms with Gasteiger partial charge in [-0.05, 0) is 35.4 Å². The summed E-state index contributed by atoms with van der Waals surface area (Å²) in [6.07, 6.45) is 0. The Morgan fingerprint density at radius 3 is 2.47 bits per heavy atom. The maximum Gasteiger partial charge on any atom is 0.337 e. The van der Waals surface area contributed by atoms with Gasteiger partial charge in [-0.15, -0.1) is 0 Å². The third-order valence-corrected chi connectivity index (χ3v) is 2.80. The number of benzene rings is 2. The van der Waals surface area contributed by atoms with Crippen LogP contribution in [0.3, 0.4) is 0 Å². The van der Waals surface area contributed by atoms with E-state index in [4.69, 9.17) is 4.74 Å². The summed E-state index contributed by atoms with van der Waals surface area (Å²) in [4.78, 5) is 11.5. The molecule has 19 heavy (non-hydrogen) atoms. The molecule has 0 radical (unpaired) electrons. The van der Waals surface area contributed by atoms with Gasteiger partial charge in [-0.25, -0.2) is 4.79 Å². The zero-order valence-corrected chi connectivity index (χ0v) is 10.7. The van der Waals surface area contributed by atoms with Crippen molar-refractivity contribution in [2.24, 2.45) is 0 Å². The van der Waals surface area contributed by atoms with Crippen LogP contribution in [0.25, 0.3) is 11.1 Å². The van der Waals surface area contributed by atoms with Crippen LogP contribution in [0.2, 0.25) is 0 Å². The van der Waals surface area contributed by atoms with Gasteiger partial charge < -0.3 is 14.6 Å². The first-order valence-corrected chi connectivity index (χ1v) is 5.71. The van der Waals surface area contributed by atoms with Crippen LogP contribution in [0.5, 0.6) is 11.5 Å². The summed E-state index contributed by atoms with van der Waals surface area (Å²) in [6.45, 7) is 0. The van der Waals surface area contributed by atoms with Crippen LogP contribution in [0.4, 0.5) is 0 Å². The van der Waals surface area contributed by atoms with Crippen molar-refractivity contribution >= 4 is 5.97 Å². The van der Waals surface area contributed by atoms with Gasteiger partial charge in [-0.1, -0.05) is 18.2 Å². The summed E-state index contributed by atoms with van der Waals surface area (Å²) in [5.74, 6) is 0.0870. The molecule has 2 rings (SSSR count). The molecule has 2 aromatic rings. The van der Waals surface area contributed by atoms with Crippen LogP contribution in [-0.2, 0) is 4.74 Å². The Labute approximate surface area is 111 Å². The van der Waals surface area contributed by atoms with Crippen molar-refractivity contribution in [2.45, 2.75) is 0 Å². The number of rotatable bonds is 3. The Morgan fingerprint density at radius 2 is 1.79 bits per heavy atom. The van der Waals surface area contributed by atoms with E-state index in [2.05, 4.69) is 4.74 Å². The average Bonchev–Trinajstić information content (AvgIpc) is 2.47. The zero-order chi connectivity index (χ0) is 13.8. The smallest absolute Gasteiger partial charge is 0.337 e. The van der Waals surface area contributed by atoms with Crippen LogP contribution in [0.15, 0.2) is 42.5 Å². The first kappa shape index (κ1) is 13.0. The number of aromatic hydroxyl groups is 1. The molecular formula is C15H14O4. The third kappa shape index (κ3) is 2.68. The standard InChI is InChI=1S/C15H14O4/c1-18-14-9-11(6-7-13(14)16)10-4-3-5-12(8-10)15(17)19-2/h3-9,16H,1-2H3. The van der Waals surface area contributed by atoms with E-state index in [-0.39, 0.29) is 11.7 Å². The average molecular weight is 258 g/mol. The minimum atomic E-state index is -0.382. The van der Waals surface area contributed by atoms with Gasteiger partial charge in [-0.3, -0.25) is 0 Å². The molecule has 0 amide bonds. The first-order chi connectivity index (χ1) is 9.15. The van der Waals surface area contributed by atoms with Gasteiger partial charge in [0, 0.05) is 0 Å². The highest BCUT2D eigenvalue weighted by molar-refractivity contribution is 5.91. The van der Waals surface area contributed by atoms with E-state index in [1.54, 1.807) is 36.4 Å². The number of carbonyl (C=O) groups excluding carboxylic acids is 1. The van der Waals surface area contributed by atoms with Crippen molar-refractivity contribution in [2.75, 3.05) is 14.2 Å². The molecule has 0 bridgehead atoms. The first-order valence-electron chi connectivity index (χ1n) is 5.71. The summed E-state index contributed by atoms with van der Waals surface area (Å²) in [5.41, 5.74) is 2.17. The molecule has 0 aromatic heterocycles. The lowest BCUT2D eigenvalue weighted by molar-refractivity contribution is 0.0601.